The Balaban J connectivity index is 1.92. The van der Waals surface area contributed by atoms with Gasteiger partial charge in [0.25, 0.3) is 0 Å². The van der Waals surface area contributed by atoms with Gasteiger partial charge < -0.3 is 9.47 Å². The van der Waals surface area contributed by atoms with E-state index in [4.69, 9.17) is 19.5 Å². The van der Waals surface area contributed by atoms with E-state index >= 15 is 0 Å². The predicted molar refractivity (Wildman–Crippen MR) is 94.2 cm³/mol. The van der Waals surface area contributed by atoms with Crippen molar-refractivity contribution in [1.29, 1.82) is 0 Å². The fraction of sp³-hybridized carbons (Fsp3) is 0.895. The maximum Gasteiger partial charge on any atom is 0.199 e. The first-order chi connectivity index (χ1) is 11.0. The zero-order chi connectivity index (χ0) is 16.4. The van der Waals surface area contributed by atoms with Crippen LogP contribution in [0.3, 0.4) is 0 Å². The Morgan fingerprint density at radius 1 is 0.783 bits per heavy atom. The number of nitrogens with zero attached hydrogens (tertiary/aromatic N) is 2. The maximum absolute atomic E-state index is 6.12. The lowest BCUT2D eigenvalue weighted by Crippen LogP contribution is -2.39. The van der Waals surface area contributed by atoms with Crippen molar-refractivity contribution in [3.63, 3.8) is 0 Å². The highest BCUT2D eigenvalue weighted by Gasteiger charge is 2.48. The Labute approximate surface area is 140 Å². The molecule has 2 heterocycles. The van der Waals surface area contributed by atoms with Crippen LogP contribution >= 0.6 is 0 Å². The second-order valence-corrected chi connectivity index (χ2v) is 8.11. The van der Waals surface area contributed by atoms with E-state index in [1.807, 2.05) is 0 Å². The first kappa shape index (κ1) is 16.8. The molecule has 2 atom stereocenters. The minimum atomic E-state index is -0.191. The molecule has 130 valence electrons. The van der Waals surface area contributed by atoms with Crippen molar-refractivity contribution >= 4 is 11.8 Å². The molecule has 0 aromatic rings. The molecule has 0 amide bonds. The highest BCUT2D eigenvalue weighted by atomic mass is 16.5. The molecular formula is C19H32N2O2. The number of ether oxygens (including phenoxy) is 2. The van der Waals surface area contributed by atoms with Crippen molar-refractivity contribution in [2.24, 2.45) is 27.2 Å². The molecule has 2 aliphatic heterocycles. The van der Waals surface area contributed by atoms with Crippen LogP contribution in [0.5, 0.6) is 0 Å². The van der Waals surface area contributed by atoms with Gasteiger partial charge in [-0.2, -0.15) is 0 Å². The fourth-order valence-electron chi connectivity index (χ4n) is 3.84. The van der Waals surface area contributed by atoms with Gasteiger partial charge >= 0.3 is 0 Å². The van der Waals surface area contributed by atoms with E-state index < -0.39 is 0 Å². The Bertz CT molecular complexity index is 438. The van der Waals surface area contributed by atoms with Crippen LogP contribution in [-0.2, 0) is 9.47 Å². The third-order valence-corrected chi connectivity index (χ3v) is 5.66. The van der Waals surface area contributed by atoms with Crippen LogP contribution in [0.15, 0.2) is 9.98 Å². The quantitative estimate of drug-likeness (QED) is 0.727. The van der Waals surface area contributed by atoms with Crippen molar-refractivity contribution in [3.05, 3.63) is 0 Å². The lowest BCUT2D eigenvalue weighted by atomic mass is 9.79. The third kappa shape index (κ3) is 3.27. The summed E-state index contributed by atoms with van der Waals surface area (Å²) in [5.41, 5.74) is -0.191. The summed E-state index contributed by atoms with van der Waals surface area (Å²) in [6.45, 7) is 10.3. The number of aliphatic imine (C=N–C) groups is 2. The first-order valence-electron chi connectivity index (χ1n) is 9.45. The molecule has 0 radical (unpaired) electrons. The lowest BCUT2D eigenvalue weighted by molar-refractivity contribution is 0.229. The zero-order valence-electron chi connectivity index (χ0n) is 15.2. The Hall–Kier alpha value is -1.06. The third-order valence-electron chi connectivity index (χ3n) is 5.66. The predicted octanol–water partition coefficient (Wildman–Crippen LogP) is 4.23. The molecule has 1 aliphatic carbocycles. The molecule has 0 saturated heterocycles. The average molecular weight is 320 g/mol. The molecule has 1 fully saturated rings. The second kappa shape index (κ2) is 6.82. The van der Waals surface area contributed by atoms with Crippen LogP contribution in [0.25, 0.3) is 0 Å². The topological polar surface area (TPSA) is 43.2 Å². The highest BCUT2D eigenvalue weighted by molar-refractivity contribution is 6.06. The number of rotatable bonds is 4. The Morgan fingerprint density at radius 3 is 1.57 bits per heavy atom. The minimum Gasteiger partial charge on any atom is -0.478 e. The SMILES string of the molecule is CC(C)[C@H]1COC(C2(C3=N[C@@H](C(C)C)CO3)CCCCCC2)=N1. The number of hydrogen-bond acceptors (Lipinski definition) is 4. The normalized spacial score (nSPS) is 30.7. The van der Waals surface area contributed by atoms with Crippen LogP contribution in [-0.4, -0.2) is 37.1 Å². The highest BCUT2D eigenvalue weighted by Crippen LogP contribution is 2.42. The molecule has 0 N–H and O–H groups in total. The first-order valence-corrected chi connectivity index (χ1v) is 9.45. The molecule has 0 aromatic carbocycles. The van der Waals surface area contributed by atoms with Gasteiger partial charge in [-0.3, -0.25) is 0 Å². The summed E-state index contributed by atoms with van der Waals surface area (Å²) >= 11 is 0. The van der Waals surface area contributed by atoms with E-state index in [2.05, 4.69) is 27.7 Å². The Kier molecular flexibility index (Phi) is 4.98. The van der Waals surface area contributed by atoms with Gasteiger partial charge in [0.1, 0.15) is 18.6 Å². The van der Waals surface area contributed by atoms with Crippen molar-refractivity contribution in [2.45, 2.75) is 78.3 Å². The molecule has 0 spiro atoms. The molecule has 4 nitrogen and oxygen atoms in total. The molecule has 1 saturated carbocycles. The van der Waals surface area contributed by atoms with Crippen molar-refractivity contribution in [1.82, 2.24) is 0 Å². The van der Waals surface area contributed by atoms with Crippen LogP contribution < -0.4 is 0 Å². The van der Waals surface area contributed by atoms with E-state index in [9.17, 15) is 0 Å². The molecule has 23 heavy (non-hydrogen) atoms. The van der Waals surface area contributed by atoms with Crippen molar-refractivity contribution in [3.8, 4) is 0 Å². The maximum atomic E-state index is 6.12. The molecule has 3 rings (SSSR count). The molecule has 0 aromatic heterocycles. The summed E-state index contributed by atoms with van der Waals surface area (Å²) in [4.78, 5) is 9.95. The molecule has 0 bridgehead atoms. The van der Waals surface area contributed by atoms with E-state index in [1.54, 1.807) is 0 Å². The monoisotopic (exact) mass is 320 g/mol. The fourth-order valence-corrected chi connectivity index (χ4v) is 3.84. The Morgan fingerprint density at radius 2 is 1.22 bits per heavy atom. The van der Waals surface area contributed by atoms with Gasteiger partial charge in [0.15, 0.2) is 11.8 Å². The lowest BCUT2D eigenvalue weighted by Gasteiger charge is -2.30. The van der Waals surface area contributed by atoms with Crippen molar-refractivity contribution < 1.29 is 9.47 Å². The van der Waals surface area contributed by atoms with Gasteiger partial charge in [-0.15, -0.1) is 0 Å². The summed E-state index contributed by atoms with van der Waals surface area (Å²) in [6, 6.07) is 0.570. The zero-order valence-corrected chi connectivity index (χ0v) is 15.2. The van der Waals surface area contributed by atoms with Gasteiger partial charge in [-0.1, -0.05) is 53.4 Å². The van der Waals surface area contributed by atoms with Gasteiger partial charge in [0, 0.05) is 0 Å². The molecule has 3 aliphatic rings. The standard InChI is InChI=1S/C19H32N2O2/c1-13(2)15-11-22-17(20-15)19(9-7-5-6-8-10-19)18-21-16(12-23-18)14(3)4/h13-16H,5-12H2,1-4H3/t15-,16-/m1/s1. The van der Waals surface area contributed by atoms with E-state index in [-0.39, 0.29) is 17.5 Å². The van der Waals surface area contributed by atoms with Crippen LogP contribution in [0.1, 0.15) is 66.2 Å². The van der Waals surface area contributed by atoms with Gasteiger partial charge in [-0.05, 0) is 24.7 Å². The van der Waals surface area contributed by atoms with Crippen molar-refractivity contribution in [2.75, 3.05) is 13.2 Å². The summed E-state index contributed by atoms with van der Waals surface area (Å²) in [5, 5.41) is 0. The average Bonchev–Trinajstić information content (AvgIpc) is 3.14. The minimum absolute atomic E-state index is 0.191. The number of hydrogen-bond donors (Lipinski definition) is 0. The van der Waals surface area contributed by atoms with Gasteiger partial charge in [-0.25, -0.2) is 9.98 Å². The smallest absolute Gasteiger partial charge is 0.199 e. The summed E-state index contributed by atoms with van der Waals surface area (Å²) in [5.74, 6) is 2.87. The van der Waals surface area contributed by atoms with Crippen LogP contribution in [0.2, 0.25) is 0 Å². The van der Waals surface area contributed by atoms with Gasteiger partial charge in [0.05, 0.1) is 12.1 Å². The largest absolute Gasteiger partial charge is 0.478 e. The van der Waals surface area contributed by atoms with E-state index in [0.717, 1.165) is 37.9 Å². The summed E-state index contributed by atoms with van der Waals surface area (Å²) < 4.78 is 12.2. The second-order valence-electron chi connectivity index (χ2n) is 8.11. The van der Waals surface area contributed by atoms with Crippen LogP contribution in [0, 0.1) is 17.3 Å². The van der Waals surface area contributed by atoms with E-state index in [0.29, 0.717) is 11.8 Å². The summed E-state index contributed by atoms with van der Waals surface area (Å²) in [7, 11) is 0. The van der Waals surface area contributed by atoms with Gasteiger partial charge in [0.2, 0.25) is 0 Å². The summed E-state index contributed by atoms with van der Waals surface area (Å²) in [6.07, 6.45) is 7.15. The molecule has 0 unspecified atom stereocenters. The molecular weight excluding hydrogens is 288 g/mol. The van der Waals surface area contributed by atoms with Crippen LogP contribution in [0.4, 0.5) is 0 Å². The molecule has 4 heteroatoms. The van der Waals surface area contributed by atoms with E-state index in [1.165, 1.54) is 25.7 Å².